The summed E-state index contributed by atoms with van der Waals surface area (Å²) in [7, 11) is 4.15. The Morgan fingerprint density at radius 1 is 1.31 bits per heavy atom. The number of aryl methyl sites for hydroxylation is 1. The SMILES string of the molecule is CN(C)CCCc1cccc(CC(N)=O)c1. The van der Waals surface area contributed by atoms with Gasteiger partial charge in [-0.05, 0) is 44.6 Å². The summed E-state index contributed by atoms with van der Waals surface area (Å²) in [6.07, 6.45) is 2.51. The van der Waals surface area contributed by atoms with E-state index in [9.17, 15) is 4.79 Å². The van der Waals surface area contributed by atoms with E-state index >= 15 is 0 Å². The third-order valence-corrected chi connectivity index (χ3v) is 2.44. The highest BCUT2D eigenvalue weighted by Gasteiger charge is 2.00. The molecule has 0 bridgehead atoms. The molecule has 2 N–H and O–H groups in total. The van der Waals surface area contributed by atoms with Gasteiger partial charge in [0.1, 0.15) is 0 Å². The average Bonchev–Trinajstić information content (AvgIpc) is 2.16. The van der Waals surface area contributed by atoms with Crippen LogP contribution in [-0.2, 0) is 17.6 Å². The molecular formula is C13H20N2O. The quantitative estimate of drug-likeness (QED) is 0.783. The summed E-state index contributed by atoms with van der Waals surface area (Å²) in [6, 6.07) is 8.10. The molecule has 1 aromatic carbocycles. The maximum Gasteiger partial charge on any atom is 0.221 e. The van der Waals surface area contributed by atoms with E-state index in [2.05, 4.69) is 31.1 Å². The second-order valence-electron chi connectivity index (χ2n) is 4.37. The molecule has 0 saturated heterocycles. The fourth-order valence-electron chi connectivity index (χ4n) is 1.70. The molecule has 0 heterocycles. The summed E-state index contributed by atoms with van der Waals surface area (Å²) in [4.78, 5) is 13.0. The number of nitrogens with two attached hydrogens (primary N) is 1. The van der Waals surface area contributed by atoms with Gasteiger partial charge in [-0.15, -0.1) is 0 Å². The molecule has 0 atom stereocenters. The van der Waals surface area contributed by atoms with Crippen LogP contribution in [0.15, 0.2) is 24.3 Å². The zero-order valence-corrected chi connectivity index (χ0v) is 10.1. The van der Waals surface area contributed by atoms with Crippen LogP contribution in [0.1, 0.15) is 17.5 Å². The van der Waals surface area contributed by atoms with E-state index in [1.54, 1.807) is 0 Å². The lowest BCUT2D eigenvalue weighted by atomic mass is 10.0. The van der Waals surface area contributed by atoms with Crippen molar-refractivity contribution in [1.82, 2.24) is 4.90 Å². The molecule has 1 aromatic rings. The van der Waals surface area contributed by atoms with Gasteiger partial charge in [-0.25, -0.2) is 0 Å². The third kappa shape index (κ3) is 4.94. The third-order valence-electron chi connectivity index (χ3n) is 2.44. The molecule has 0 aliphatic heterocycles. The maximum absolute atomic E-state index is 10.8. The van der Waals surface area contributed by atoms with Gasteiger partial charge in [-0.2, -0.15) is 0 Å². The molecule has 16 heavy (non-hydrogen) atoms. The maximum atomic E-state index is 10.8. The van der Waals surface area contributed by atoms with E-state index in [0.29, 0.717) is 6.42 Å². The van der Waals surface area contributed by atoms with Crippen molar-refractivity contribution < 1.29 is 4.79 Å². The number of primary amides is 1. The number of amides is 1. The molecule has 0 aromatic heterocycles. The molecule has 1 rings (SSSR count). The zero-order chi connectivity index (χ0) is 12.0. The van der Waals surface area contributed by atoms with E-state index < -0.39 is 0 Å². The van der Waals surface area contributed by atoms with E-state index in [0.717, 1.165) is 24.9 Å². The summed E-state index contributed by atoms with van der Waals surface area (Å²) in [5.74, 6) is -0.273. The van der Waals surface area contributed by atoms with E-state index in [-0.39, 0.29) is 5.91 Å². The number of carbonyl (C=O) groups excluding carboxylic acids is 1. The standard InChI is InChI=1S/C13H20N2O/c1-15(2)8-4-7-11-5-3-6-12(9-11)10-13(14)16/h3,5-6,9H,4,7-8,10H2,1-2H3,(H2,14,16). The molecular weight excluding hydrogens is 200 g/mol. The Balaban J connectivity index is 2.50. The first-order valence-electron chi connectivity index (χ1n) is 5.59. The highest BCUT2D eigenvalue weighted by Crippen LogP contribution is 2.08. The summed E-state index contributed by atoms with van der Waals surface area (Å²) >= 11 is 0. The van der Waals surface area contributed by atoms with Gasteiger partial charge in [-0.3, -0.25) is 4.79 Å². The number of nitrogens with zero attached hydrogens (tertiary/aromatic N) is 1. The molecule has 3 nitrogen and oxygen atoms in total. The van der Waals surface area contributed by atoms with E-state index in [4.69, 9.17) is 5.73 Å². The topological polar surface area (TPSA) is 46.3 Å². The Bertz CT molecular complexity index is 348. The number of rotatable bonds is 6. The monoisotopic (exact) mass is 220 g/mol. The minimum absolute atomic E-state index is 0.273. The average molecular weight is 220 g/mol. The lowest BCUT2D eigenvalue weighted by Gasteiger charge is -2.09. The summed E-state index contributed by atoms with van der Waals surface area (Å²) < 4.78 is 0. The lowest BCUT2D eigenvalue weighted by Crippen LogP contribution is -2.14. The molecule has 0 aliphatic carbocycles. The van der Waals surface area contributed by atoms with Gasteiger partial charge in [0.05, 0.1) is 6.42 Å². The minimum Gasteiger partial charge on any atom is -0.369 e. The molecule has 3 heteroatoms. The van der Waals surface area contributed by atoms with Crippen LogP contribution in [0, 0.1) is 0 Å². The van der Waals surface area contributed by atoms with Crippen molar-refractivity contribution >= 4 is 5.91 Å². The van der Waals surface area contributed by atoms with Gasteiger partial charge in [0.2, 0.25) is 5.91 Å². The molecule has 0 saturated carbocycles. The van der Waals surface area contributed by atoms with Gasteiger partial charge >= 0.3 is 0 Å². The second kappa shape index (κ2) is 6.28. The number of carbonyl (C=O) groups is 1. The van der Waals surface area contributed by atoms with Crippen molar-refractivity contribution in [3.05, 3.63) is 35.4 Å². The Hall–Kier alpha value is -1.35. The largest absolute Gasteiger partial charge is 0.369 e. The van der Waals surface area contributed by atoms with E-state index in [1.807, 2.05) is 12.1 Å². The first kappa shape index (κ1) is 12.7. The normalized spacial score (nSPS) is 10.7. The number of hydrogen-bond donors (Lipinski definition) is 1. The predicted octanol–water partition coefficient (Wildman–Crippen LogP) is 1.21. The van der Waals surface area contributed by atoms with Crippen molar-refractivity contribution in [1.29, 1.82) is 0 Å². The van der Waals surface area contributed by atoms with Crippen molar-refractivity contribution in [2.45, 2.75) is 19.3 Å². The van der Waals surface area contributed by atoms with Gasteiger partial charge in [0, 0.05) is 0 Å². The molecule has 88 valence electrons. The van der Waals surface area contributed by atoms with Crippen molar-refractivity contribution in [3.8, 4) is 0 Å². The highest BCUT2D eigenvalue weighted by molar-refractivity contribution is 5.76. The Kier molecular flexibility index (Phi) is 4.99. The predicted molar refractivity (Wildman–Crippen MR) is 66.2 cm³/mol. The number of hydrogen-bond acceptors (Lipinski definition) is 2. The molecule has 0 spiro atoms. The van der Waals surface area contributed by atoms with Gasteiger partial charge in [0.25, 0.3) is 0 Å². The van der Waals surface area contributed by atoms with Crippen molar-refractivity contribution in [2.75, 3.05) is 20.6 Å². The Morgan fingerprint density at radius 2 is 2.00 bits per heavy atom. The van der Waals surface area contributed by atoms with Gasteiger partial charge in [-0.1, -0.05) is 24.3 Å². The zero-order valence-electron chi connectivity index (χ0n) is 10.1. The molecule has 0 fully saturated rings. The fourth-order valence-corrected chi connectivity index (χ4v) is 1.70. The smallest absolute Gasteiger partial charge is 0.221 e. The molecule has 0 unspecified atom stereocenters. The van der Waals surface area contributed by atoms with Crippen molar-refractivity contribution in [3.63, 3.8) is 0 Å². The minimum atomic E-state index is -0.273. The fraction of sp³-hybridized carbons (Fsp3) is 0.462. The van der Waals surface area contributed by atoms with Crippen LogP contribution in [0.3, 0.4) is 0 Å². The summed E-state index contributed by atoms with van der Waals surface area (Å²) in [5.41, 5.74) is 7.46. The summed E-state index contributed by atoms with van der Waals surface area (Å²) in [6.45, 7) is 1.08. The molecule has 0 aliphatic rings. The van der Waals surface area contributed by atoms with Crippen LogP contribution in [0.5, 0.6) is 0 Å². The van der Waals surface area contributed by atoms with Crippen LogP contribution >= 0.6 is 0 Å². The van der Waals surface area contributed by atoms with Crippen molar-refractivity contribution in [2.24, 2.45) is 5.73 Å². The molecule has 1 amide bonds. The Labute approximate surface area is 97.2 Å². The first-order valence-corrected chi connectivity index (χ1v) is 5.59. The summed E-state index contributed by atoms with van der Waals surface area (Å²) in [5, 5.41) is 0. The van der Waals surface area contributed by atoms with Crippen LogP contribution < -0.4 is 5.73 Å². The first-order chi connectivity index (χ1) is 7.58. The molecule has 0 radical (unpaired) electrons. The van der Waals surface area contributed by atoms with Crippen LogP contribution in [0.25, 0.3) is 0 Å². The highest BCUT2D eigenvalue weighted by atomic mass is 16.1. The van der Waals surface area contributed by atoms with Crippen LogP contribution in [-0.4, -0.2) is 31.4 Å². The van der Waals surface area contributed by atoms with Gasteiger partial charge < -0.3 is 10.6 Å². The van der Waals surface area contributed by atoms with Gasteiger partial charge in [0.15, 0.2) is 0 Å². The van der Waals surface area contributed by atoms with Crippen LogP contribution in [0.4, 0.5) is 0 Å². The number of benzene rings is 1. The second-order valence-corrected chi connectivity index (χ2v) is 4.37. The van der Waals surface area contributed by atoms with E-state index in [1.165, 1.54) is 5.56 Å². The Morgan fingerprint density at radius 3 is 2.62 bits per heavy atom. The lowest BCUT2D eigenvalue weighted by molar-refractivity contribution is -0.117. The van der Waals surface area contributed by atoms with Crippen LogP contribution in [0.2, 0.25) is 0 Å².